The van der Waals surface area contributed by atoms with Gasteiger partial charge in [0.25, 0.3) is 0 Å². The van der Waals surface area contributed by atoms with Gasteiger partial charge in [0.1, 0.15) is 0 Å². The third-order valence-electron chi connectivity index (χ3n) is 4.31. The zero-order chi connectivity index (χ0) is 19.2. The number of aromatic nitrogens is 1. The van der Waals surface area contributed by atoms with Gasteiger partial charge >= 0.3 is 6.03 Å². The largest absolute Gasteiger partial charge is 0.493 e. The van der Waals surface area contributed by atoms with Crippen molar-refractivity contribution in [3.63, 3.8) is 0 Å². The highest BCUT2D eigenvalue weighted by atomic mass is 16.5. The van der Waals surface area contributed by atoms with E-state index >= 15 is 0 Å². The van der Waals surface area contributed by atoms with E-state index in [4.69, 9.17) is 9.47 Å². The first-order valence-electron chi connectivity index (χ1n) is 8.56. The van der Waals surface area contributed by atoms with Crippen LogP contribution >= 0.6 is 0 Å². The smallest absolute Gasteiger partial charge is 0.315 e. The minimum Gasteiger partial charge on any atom is -0.493 e. The SMILES string of the molecule is COc1ccc(N2CC(NC(=O)NCc3cccnc3)CC2=O)cc1OC. The number of carbonyl (C=O) groups excluding carboxylic acids is 2. The number of methoxy groups -OCH3 is 2. The molecule has 27 heavy (non-hydrogen) atoms. The molecule has 1 fully saturated rings. The van der Waals surface area contributed by atoms with Crippen LogP contribution in [0.3, 0.4) is 0 Å². The van der Waals surface area contributed by atoms with E-state index in [1.807, 2.05) is 12.1 Å². The van der Waals surface area contributed by atoms with Gasteiger partial charge in [-0.25, -0.2) is 4.79 Å². The lowest BCUT2D eigenvalue weighted by Gasteiger charge is -2.19. The van der Waals surface area contributed by atoms with E-state index in [1.54, 1.807) is 49.7 Å². The van der Waals surface area contributed by atoms with Gasteiger partial charge in [0.05, 0.1) is 20.3 Å². The number of nitrogens with zero attached hydrogens (tertiary/aromatic N) is 2. The van der Waals surface area contributed by atoms with Gasteiger partial charge < -0.3 is 25.0 Å². The van der Waals surface area contributed by atoms with Crippen molar-refractivity contribution in [1.82, 2.24) is 15.6 Å². The van der Waals surface area contributed by atoms with Crippen molar-refractivity contribution < 1.29 is 19.1 Å². The Balaban J connectivity index is 1.58. The quantitative estimate of drug-likeness (QED) is 0.807. The third kappa shape index (κ3) is 4.46. The van der Waals surface area contributed by atoms with E-state index in [0.29, 0.717) is 30.3 Å². The van der Waals surface area contributed by atoms with Crippen LogP contribution in [0.1, 0.15) is 12.0 Å². The van der Waals surface area contributed by atoms with Crippen LogP contribution in [-0.2, 0) is 11.3 Å². The number of nitrogens with one attached hydrogen (secondary N) is 2. The van der Waals surface area contributed by atoms with Gasteiger partial charge in [-0.05, 0) is 23.8 Å². The fraction of sp³-hybridized carbons (Fsp3) is 0.316. The lowest BCUT2D eigenvalue weighted by molar-refractivity contribution is -0.117. The number of anilines is 1. The summed E-state index contributed by atoms with van der Waals surface area (Å²) in [5, 5.41) is 5.61. The van der Waals surface area contributed by atoms with Crippen LogP contribution in [0, 0.1) is 0 Å². The number of urea groups is 1. The maximum atomic E-state index is 12.4. The summed E-state index contributed by atoms with van der Waals surface area (Å²) >= 11 is 0. The van der Waals surface area contributed by atoms with Crippen LogP contribution in [0.25, 0.3) is 0 Å². The van der Waals surface area contributed by atoms with Crippen molar-refractivity contribution >= 4 is 17.6 Å². The maximum Gasteiger partial charge on any atom is 0.315 e. The van der Waals surface area contributed by atoms with Gasteiger partial charge in [-0.2, -0.15) is 0 Å². The fourth-order valence-corrected chi connectivity index (χ4v) is 2.97. The molecule has 3 amide bonds. The highest BCUT2D eigenvalue weighted by Crippen LogP contribution is 2.33. The molecule has 142 valence electrons. The fourth-order valence-electron chi connectivity index (χ4n) is 2.97. The summed E-state index contributed by atoms with van der Waals surface area (Å²) in [5.74, 6) is 1.09. The number of rotatable bonds is 6. The van der Waals surface area contributed by atoms with Crippen LogP contribution in [0.4, 0.5) is 10.5 Å². The molecule has 0 bridgehead atoms. The monoisotopic (exact) mass is 370 g/mol. The van der Waals surface area contributed by atoms with Crippen molar-refractivity contribution in [1.29, 1.82) is 0 Å². The van der Waals surface area contributed by atoms with E-state index in [-0.39, 0.29) is 24.4 Å². The number of hydrogen-bond donors (Lipinski definition) is 2. The van der Waals surface area contributed by atoms with Crippen molar-refractivity contribution in [2.24, 2.45) is 0 Å². The van der Waals surface area contributed by atoms with E-state index in [2.05, 4.69) is 15.6 Å². The predicted octanol–water partition coefficient (Wildman–Crippen LogP) is 1.70. The van der Waals surface area contributed by atoms with Gasteiger partial charge in [-0.15, -0.1) is 0 Å². The number of ether oxygens (including phenoxy) is 2. The summed E-state index contributed by atoms with van der Waals surface area (Å²) in [5.41, 5.74) is 1.61. The topological polar surface area (TPSA) is 92.8 Å². The van der Waals surface area contributed by atoms with Gasteiger partial charge in [-0.1, -0.05) is 6.07 Å². The molecule has 1 unspecified atom stereocenters. The Hall–Kier alpha value is -3.29. The number of carbonyl (C=O) groups is 2. The molecule has 0 spiro atoms. The second-order valence-electron chi connectivity index (χ2n) is 6.13. The average molecular weight is 370 g/mol. The van der Waals surface area contributed by atoms with Crippen LogP contribution in [0.2, 0.25) is 0 Å². The Morgan fingerprint density at radius 3 is 2.78 bits per heavy atom. The van der Waals surface area contributed by atoms with Gasteiger partial charge in [0, 0.05) is 43.7 Å². The molecule has 2 aromatic rings. The first kappa shape index (κ1) is 18.5. The molecule has 0 radical (unpaired) electrons. The van der Waals surface area contributed by atoms with Crippen LogP contribution in [-0.4, -0.2) is 43.7 Å². The summed E-state index contributed by atoms with van der Waals surface area (Å²) in [4.78, 5) is 30.1. The highest BCUT2D eigenvalue weighted by Gasteiger charge is 2.32. The van der Waals surface area contributed by atoms with Crippen molar-refractivity contribution in [2.75, 3.05) is 25.7 Å². The second kappa shape index (κ2) is 8.39. The average Bonchev–Trinajstić information content (AvgIpc) is 3.06. The summed E-state index contributed by atoms with van der Waals surface area (Å²) in [6, 6.07) is 8.41. The third-order valence-corrected chi connectivity index (χ3v) is 4.31. The van der Waals surface area contributed by atoms with Gasteiger partial charge in [0.2, 0.25) is 5.91 Å². The van der Waals surface area contributed by atoms with Crippen LogP contribution < -0.4 is 25.0 Å². The lowest BCUT2D eigenvalue weighted by Crippen LogP contribution is -2.43. The Morgan fingerprint density at radius 2 is 2.07 bits per heavy atom. The summed E-state index contributed by atoms with van der Waals surface area (Å²) in [6.07, 6.45) is 3.61. The molecular formula is C19H22N4O4. The van der Waals surface area contributed by atoms with Crippen LogP contribution in [0.5, 0.6) is 11.5 Å². The Bertz CT molecular complexity index is 813. The molecule has 0 aliphatic carbocycles. The van der Waals surface area contributed by atoms with E-state index < -0.39 is 0 Å². The first-order chi connectivity index (χ1) is 13.1. The minimum atomic E-state index is -0.314. The van der Waals surface area contributed by atoms with Gasteiger partial charge in [0.15, 0.2) is 11.5 Å². The molecule has 8 nitrogen and oxygen atoms in total. The molecule has 1 aromatic carbocycles. The molecule has 1 saturated heterocycles. The van der Waals surface area contributed by atoms with Crippen molar-refractivity contribution in [2.45, 2.75) is 19.0 Å². The zero-order valence-electron chi connectivity index (χ0n) is 15.3. The van der Waals surface area contributed by atoms with E-state index in [1.165, 1.54) is 0 Å². The molecular weight excluding hydrogens is 348 g/mol. The molecule has 1 atom stereocenters. The molecule has 2 N–H and O–H groups in total. The second-order valence-corrected chi connectivity index (χ2v) is 6.13. The maximum absolute atomic E-state index is 12.4. The summed E-state index contributed by atoms with van der Waals surface area (Å²) in [7, 11) is 3.10. The predicted molar refractivity (Wildman–Crippen MR) is 99.9 cm³/mol. The van der Waals surface area contributed by atoms with E-state index in [9.17, 15) is 9.59 Å². The number of pyridine rings is 1. The van der Waals surface area contributed by atoms with Crippen molar-refractivity contribution in [3.8, 4) is 11.5 Å². The normalized spacial score (nSPS) is 16.1. The standard InChI is InChI=1S/C19H22N4O4/c1-26-16-6-5-15(9-17(16)27-2)23-12-14(8-18(23)24)22-19(25)21-11-13-4-3-7-20-10-13/h3-7,9-10,14H,8,11-12H2,1-2H3,(H2,21,22,25). The Kier molecular flexibility index (Phi) is 5.75. The molecule has 1 aromatic heterocycles. The molecule has 1 aliphatic heterocycles. The zero-order valence-corrected chi connectivity index (χ0v) is 15.3. The molecule has 8 heteroatoms. The lowest BCUT2D eigenvalue weighted by atomic mass is 10.2. The molecule has 2 heterocycles. The van der Waals surface area contributed by atoms with E-state index in [0.717, 1.165) is 5.56 Å². The summed E-state index contributed by atoms with van der Waals surface area (Å²) in [6.45, 7) is 0.772. The number of amides is 3. The Labute approximate surface area is 157 Å². The van der Waals surface area contributed by atoms with Gasteiger partial charge in [-0.3, -0.25) is 9.78 Å². The Morgan fingerprint density at radius 1 is 1.26 bits per heavy atom. The molecule has 0 saturated carbocycles. The van der Waals surface area contributed by atoms with Crippen LogP contribution in [0.15, 0.2) is 42.7 Å². The van der Waals surface area contributed by atoms with Crippen molar-refractivity contribution in [3.05, 3.63) is 48.3 Å². The highest BCUT2D eigenvalue weighted by molar-refractivity contribution is 5.97. The minimum absolute atomic E-state index is 0.0558. The first-order valence-corrected chi connectivity index (χ1v) is 8.56. The molecule has 1 aliphatic rings. The molecule has 3 rings (SSSR count). The number of benzene rings is 1. The summed E-state index contributed by atoms with van der Waals surface area (Å²) < 4.78 is 10.5. The number of hydrogen-bond acceptors (Lipinski definition) is 5.